The van der Waals surface area contributed by atoms with E-state index >= 15 is 0 Å². The van der Waals surface area contributed by atoms with Gasteiger partial charge in [0.1, 0.15) is 12.4 Å². The average Bonchev–Trinajstić information content (AvgIpc) is 3.10. The fraction of sp³-hybridized carbons (Fsp3) is 0.389. The van der Waals surface area contributed by atoms with Crippen LogP contribution in [-0.4, -0.2) is 25.7 Å². The first-order chi connectivity index (χ1) is 11.8. The Bertz CT molecular complexity index is 621. The summed E-state index contributed by atoms with van der Waals surface area (Å²) in [6.45, 7) is 5.35. The van der Waals surface area contributed by atoms with Gasteiger partial charge in [0.15, 0.2) is 5.96 Å². The normalized spacial score (nSPS) is 11.0. The zero-order valence-electron chi connectivity index (χ0n) is 14.3. The molecule has 0 fully saturated rings. The number of nitrogens with zero attached hydrogens (tertiary/aromatic N) is 1. The zero-order chi connectivity index (χ0) is 17.0. The van der Waals surface area contributed by atoms with Gasteiger partial charge in [-0.2, -0.15) is 0 Å². The third kappa shape index (κ3) is 8.60. The molecule has 0 atom stereocenters. The fourth-order valence-corrected chi connectivity index (χ4v) is 2.28. The Morgan fingerprint density at radius 1 is 1.20 bits per heavy atom. The smallest absolute Gasteiger partial charge is 0.191 e. The van der Waals surface area contributed by atoms with Crippen molar-refractivity contribution in [1.29, 1.82) is 0 Å². The highest BCUT2D eigenvalue weighted by molar-refractivity contribution is 14.0. The molecular formula is C18H25ClIN3O2. The summed E-state index contributed by atoms with van der Waals surface area (Å²) in [6, 6.07) is 11.5. The number of hydrogen-bond donors (Lipinski definition) is 2. The number of halogens is 2. The predicted molar refractivity (Wildman–Crippen MR) is 113 cm³/mol. The van der Waals surface area contributed by atoms with Crippen LogP contribution >= 0.6 is 35.6 Å². The van der Waals surface area contributed by atoms with Gasteiger partial charge in [-0.1, -0.05) is 29.8 Å². The molecule has 0 unspecified atom stereocenters. The minimum absolute atomic E-state index is 0. The van der Waals surface area contributed by atoms with E-state index in [0.29, 0.717) is 19.8 Å². The minimum Gasteiger partial charge on any atom is -0.467 e. The molecule has 0 saturated heterocycles. The van der Waals surface area contributed by atoms with Crippen LogP contribution in [0.2, 0.25) is 5.02 Å². The van der Waals surface area contributed by atoms with Gasteiger partial charge in [-0.15, -0.1) is 24.0 Å². The lowest BCUT2D eigenvalue weighted by Gasteiger charge is -2.11. The van der Waals surface area contributed by atoms with E-state index in [2.05, 4.69) is 15.6 Å². The molecule has 138 valence electrons. The monoisotopic (exact) mass is 477 g/mol. The first-order valence-corrected chi connectivity index (χ1v) is 8.53. The highest BCUT2D eigenvalue weighted by Gasteiger charge is 2.01. The lowest BCUT2D eigenvalue weighted by Crippen LogP contribution is -2.38. The molecule has 2 aromatic rings. The molecule has 7 heteroatoms. The SMILES string of the molecule is CCNC(=NCc1ccccc1Cl)NCCCOCc1ccco1.I. The summed E-state index contributed by atoms with van der Waals surface area (Å²) in [6.07, 6.45) is 2.54. The van der Waals surface area contributed by atoms with Crippen molar-refractivity contribution in [2.24, 2.45) is 4.99 Å². The number of ether oxygens (including phenoxy) is 1. The van der Waals surface area contributed by atoms with E-state index in [9.17, 15) is 0 Å². The predicted octanol–water partition coefficient (Wildman–Crippen LogP) is 4.21. The van der Waals surface area contributed by atoms with E-state index in [1.807, 2.05) is 43.3 Å². The number of guanidine groups is 1. The molecule has 0 aliphatic carbocycles. The summed E-state index contributed by atoms with van der Waals surface area (Å²) in [5.74, 6) is 1.63. The number of hydrogen-bond acceptors (Lipinski definition) is 3. The van der Waals surface area contributed by atoms with Gasteiger partial charge in [-0.25, -0.2) is 4.99 Å². The molecule has 0 aliphatic heterocycles. The van der Waals surface area contributed by atoms with Crippen LogP contribution in [-0.2, 0) is 17.9 Å². The molecule has 0 saturated carbocycles. The van der Waals surface area contributed by atoms with Crippen molar-refractivity contribution in [3.63, 3.8) is 0 Å². The minimum atomic E-state index is 0. The topological polar surface area (TPSA) is 58.8 Å². The Hall–Kier alpha value is -1.25. The van der Waals surface area contributed by atoms with Gasteiger partial charge >= 0.3 is 0 Å². The van der Waals surface area contributed by atoms with E-state index < -0.39 is 0 Å². The molecule has 2 rings (SSSR count). The molecule has 1 aromatic heterocycles. The second-order valence-corrected chi connectivity index (χ2v) is 5.61. The van der Waals surface area contributed by atoms with Crippen molar-refractivity contribution in [2.75, 3.05) is 19.7 Å². The molecule has 0 spiro atoms. The van der Waals surface area contributed by atoms with Gasteiger partial charge in [-0.05, 0) is 37.1 Å². The standard InChI is InChI=1S/C18H24ClN3O2.HI/c1-2-20-18(22-13-15-7-3-4-9-17(15)19)21-10-6-11-23-14-16-8-5-12-24-16;/h3-5,7-9,12H,2,6,10-11,13-14H2,1H3,(H2,20,21,22);1H. The molecule has 5 nitrogen and oxygen atoms in total. The quantitative estimate of drug-likeness (QED) is 0.246. The van der Waals surface area contributed by atoms with Gasteiger partial charge in [0.25, 0.3) is 0 Å². The molecule has 0 radical (unpaired) electrons. The fourth-order valence-electron chi connectivity index (χ4n) is 2.08. The largest absolute Gasteiger partial charge is 0.467 e. The third-order valence-electron chi connectivity index (χ3n) is 3.29. The summed E-state index contributed by atoms with van der Waals surface area (Å²) in [5.41, 5.74) is 1.01. The Balaban J connectivity index is 0.00000312. The van der Waals surface area contributed by atoms with Crippen molar-refractivity contribution in [3.05, 3.63) is 59.0 Å². The maximum Gasteiger partial charge on any atom is 0.191 e. The van der Waals surface area contributed by atoms with Crippen LogP contribution in [0.4, 0.5) is 0 Å². The lowest BCUT2D eigenvalue weighted by molar-refractivity contribution is 0.105. The molecule has 1 aromatic carbocycles. The molecule has 1 heterocycles. The zero-order valence-corrected chi connectivity index (χ0v) is 17.4. The number of aliphatic imine (C=N–C) groups is 1. The van der Waals surface area contributed by atoms with Gasteiger partial charge in [0, 0.05) is 24.7 Å². The first kappa shape index (κ1) is 21.8. The van der Waals surface area contributed by atoms with Crippen LogP contribution in [0.15, 0.2) is 52.1 Å². The van der Waals surface area contributed by atoms with E-state index in [-0.39, 0.29) is 24.0 Å². The first-order valence-electron chi connectivity index (χ1n) is 8.15. The number of benzene rings is 1. The van der Waals surface area contributed by atoms with Crippen molar-refractivity contribution in [2.45, 2.75) is 26.5 Å². The van der Waals surface area contributed by atoms with Crippen LogP contribution in [0.25, 0.3) is 0 Å². The summed E-state index contributed by atoms with van der Waals surface area (Å²) in [7, 11) is 0. The van der Waals surface area contributed by atoms with Crippen LogP contribution in [0.1, 0.15) is 24.7 Å². The lowest BCUT2D eigenvalue weighted by atomic mass is 10.2. The van der Waals surface area contributed by atoms with Crippen molar-refractivity contribution in [3.8, 4) is 0 Å². The molecule has 25 heavy (non-hydrogen) atoms. The van der Waals surface area contributed by atoms with E-state index in [1.54, 1.807) is 6.26 Å². The second kappa shape index (κ2) is 13.0. The highest BCUT2D eigenvalue weighted by atomic mass is 127. The average molecular weight is 478 g/mol. The second-order valence-electron chi connectivity index (χ2n) is 5.20. The van der Waals surface area contributed by atoms with E-state index in [0.717, 1.165) is 41.8 Å². The molecule has 0 aliphatic rings. The van der Waals surface area contributed by atoms with Crippen molar-refractivity contribution < 1.29 is 9.15 Å². The van der Waals surface area contributed by atoms with Crippen LogP contribution < -0.4 is 10.6 Å². The van der Waals surface area contributed by atoms with Gasteiger partial charge < -0.3 is 19.8 Å². The number of nitrogens with one attached hydrogen (secondary N) is 2. The van der Waals surface area contributed by atoms with Crippen molar-refractivity contribution in [1.82, 2.24) is 10.6 Å². The Morgan fingerprint density at radius 2 is 2.04 bits per heavy atom. The summed E-state index contributed by atoms with van der Waals surface area (Å²) in [5, 5.41) is 7.26. The molecule has 0 amide bonds. The Morgan fingerprint density at radius 3 is 2.76 bits per heavy atom. The third-order valence-corrected chi connectivity index (χ3v) is 3.66. The Kier molecular flexibility index (Phi) is 11.3. The number of rotatable bonds is 9. The van der Waals surface area contributed by atoms with E-state index in [4.69, 9.17) is 20.8 Å². The van der Waals surface area contributed by atoms with Gasteiger partial charge in [-0.3, -0.25) is 0 Å². The van der Waals surface area contributed by atoms with E-state index in [1.165, 1.54) is 0 Å². The van der Waals surface area contributed by atoms with Crippen LogP contribution in [0.5, 0.6) is 0 Å². The molecular weight excluding hydrogens is 453 g/mol. The van der Waals surface area contributed by atoms with Gasteiger partial charge in [0.2, 0.25) is 0 Å². The van der Waals surface area contributed by atoms with Crippen LogP contribution in [0, 0.1) is 0 Å². The summed E-state index contributed by atoms with van der Waals surface area (Å²) in [4.78, 5) is 4.56. The maximum atomic E-state index is 6.15. The van der Waals surface area contributed by atoms with Crippen molar-refractivity contribution >= 4 is 41.5 Å². The maximum absolute atomic E-state index is 6.15. The molecule has 2 N–H and O–H groups in total. The summed E-state index contributed by atoms with van der Waals surface area (Å²) >= 11 is 6.15. The molecule has 0 bridgehead atoms. The Labute approximate surface area is 171 Å². The number of furan rings is 1. The van der Waals surface area contributed by atoms with Crippen LogP contribution in [0.3, 0.4) is 0 Å². The highest BCUT2D eigenvalue weighted by Crippen LogP contribution is 2.15. The summed E-state index contributed by atoms with van der Waals surface area (Å²) < 4.78 is 10.8. The van der Waals surface area contributed by atoms with Gasteiger partial charge in [0.05, 0.1) is 12.8 Å².